The van der Waals surface area contributed by atoms with Crippen molar-refractivity contribution in [3.8, 4) is 5.75 Å². The lowest BCUT2D eigenvalue weighted by molar-refractivity contribution is -0.131. The van der Waals surface area contributed by atoms with Gasteiger partial charge >= 0.3 is 0 Å². The van der Waals surface area contributed by atoms with E-state index in [0.29, 0.717) is 24.6 Å². The topological polar surface area (TPSA) is 51.5 Å². The van der Waals surface area contributed by atoms with E-state index < -0.39 is 0 Å². The van der Waals surface area contributed by atoms with Crippen molar-refractivity contribution in [2.75, 3.05) is 13.1 Å². The van der Waals surface area contributed by atoms with Crippen LogP contribution in [-0.2, 0) is 11.8 Å². The van der Waals surface area contributed by atoms with Crippen LogP contribution in [0, 0.1) is 12.8 Å². The van der Waals surface area contributed by atoms with Gasteiger partial charge in [-0.3, -0.25) is 9.59 Å². The lowest BCUT2D eigenvalue weighted by atomic mass is 9.87. The van der Waals surface area contributed by atoms with E-state index in [4.69, 9.17) is 4.74 Å². The Labute approximate surface area is 143 Å². The predicted molar refractivity (Wildman–Crippen MR) is 93.2 cm³/mol. The maximum absolute atomic E-state index is 12.5. The number of hydrogen-bond acceptors (Lipinski definition) is 3. The predicted octanol–water partition coefficient (Wildman–Crippen LogP) is 2.64. The molecule has 1 aromatic heterocycles. The zero-order chi connectivity index (χ0) is 17.1. The second-order valence-corrected chi connectivity index (χ2v) is 7.31. The van der Waals surface area contributed by atoms with Gasteiger partial charge in [0.25, 0.3) is 5.56 Å². The van der Waals surface area contributed by atoms with Gasteiger partial charge in [0.1, 0.15) is 11.9 Å². The van der Waals surface area contributed by atoms with E-state index in [1.54, 1.807) is 11.6 Å². The van der Waals surface area contributed by atoms with Gasteiger partial charge in [0.05, 0.1) is 6.54 Å². The summed E-state index contributed by atoms with van der Waals surface area (Å²) in [6.07, 6.45) is 7.78. The monoisotopic (exact) mass is 332 g/mol. The third kappa shape index (κ3) is 4.00. The Bertz CT molecular complexity index is 647. The first-order valence-electron chi connectivity index (χ1n) is 9.15. The van der Waals surface area contributed by atoms with E-state index in [0.717, 1.165) is 18.7 Å². The summed E-state index contributed by atoms with van der Waals surface area (Å²) in [5.74, 6) is 1.46. The molecule has 0 radical (unpaired) electrons. The summed E-state index contributed by atoms with van der Waals surface area (Å²) in [5, 5.41) is 0. The van der Waals surface area contributed by atoms with E-state index in [1.807, 2.05) is 17.9 Å². The summed E-state index contributed by atoms with van der Waals surface area (Å²) in [6, 6.07) is 3.41. The molecule has 5 heteroatoms. The first-order chi connectivity index (χ1) is 11.5. The molecule has 1 unspecified atom stereocenters. The SMILES string of the molecule is Cc1cc(OC2CCN(C(=O)CC3CCCCC3)C2)cc(=O)n1C. The molecule has 2 heterocycles. The molecule has 0 N–H and O–H groups in total. The van der Waals surface area contributed by atoms with E-state index in [9.17, 15) is 9.59 Å². The highest BCUT2D eigenvalue weighted by Crippen LogP contribution is 2.28. The molecule has 1 saturated heterocycles. The quantitative estimate of drug-likeness (QED) is 0.852. The fourth-order valence-electron chi connectivity index (χ4n) is 3.82. The molecular weight excluding hydrogens is 304 g/mol. The number of aromatic nitrogens is 1. The molecule has 3 rings (SSSR count). The van der Waals surface area contributed by atoms with Crippen molar-refractivity contribution in [3.63, 3.8) is 0 Å². The highest BCUT2D eigenvalue weighted by Gasteiger charge is 2.29. The lowest BCUT2D eigenvalue weighted by Crippen LogP contribution is -2.32. The highest BCUT2D eigenvalue weighted by atomic mass is 16.5. The van der Waals surface area contributed by atoms with E-state index >= 15 is 0 Å². The molecule has 1 saturated carbocycles. The number of aryl methyl sites for hydroxylation is 1. The van der Waals surface area contributed by atoms with E-state index in [2.05, 4.69) is 0 Å². The van der Waals surface area contributed by atoms with Crippen molar-refractivity contribution in [2.45, 2.75) is 58.0 Å². The third-order valence-corrected chi connectivity index (χ3v) is 5.47. The first kappa shape index (κ1) is 17.1. The molecule has 1 amide bonds. The zero-order valence-corrected chi connectivity index (χ0v) is 14.8. The van der Waals surface area contributed by atoms with Crippen LogP contribution >= 0.6 is 0 Å². The van der Waals surface area contributed by atoms with Crippen molar-refractivity contribution in [1.29, 1.82) is 0 Å². The van der Waals surface area contributed by atoms with Gasteiger partial charge in [-0.1, -0.05) is 19.3 Å². The molecule has 5 nitrogen and oxygen atoms in total. The number of hydrogen-bond donors (Lipinski definition) is 0. The van der Waals surface area contributed by atoms with Crippen LogP contribution in [0.3, 0.4) is 0 Å². The number of nitrogens with zero attached hydrogens (tertiary/aromatic N) is 2. The van der Waals surface area contributed by atoms with Crippen LogP contribution in [-0.4, -0.2) is 34.6 Å². The van der Waals surface area contributed by atoms with Gasteiger partial charge in [-0.15, -0.1) is 0 Å². The molecule has 1 aromatic rings. The van der Waals surface area contributed by atoms with Gasteiger partial charge in [0.2, 0.25) is 5.91 Å². The van der Waals surface area contributed by atoms with Crippen molar-refractivity contribution in [1.82, 2.24) is 9.47 Å². The van der Waals surface area contributed by atoms with Crippen molar-refractivity contribution in [3.05, 3.63) is 28.2 Å². The summed E-state index contributed by atoms with van der Waals surface area (Å²) in [5.41, 5.74) is 0.814. The molecule has 0 spiro atoms. The first-order valence-corrected chi connectivity index (χ1v) is 9.15. The van der Waals surface area contributed by atoms with Gasteiger partial charge in [0.15, 0.2) is 0 Å². The Morgan fingerprint density at radius 1 is 1.21 bits per heavy atom. The van der Waals surface area contributed by atoms with Crippen LogP contribution in [0.1, 0.15) is 50.6 Å². The van der Waals surface area contributed by atoms with E-state index in [1.165, 1.54) is 38.2 Å². The van der Waals surface area contributed by atoms with Crippen LogP contribution in [0.25, 0.3) is 0 Å². The molecule has 1 aliphatic carbocycles. The second kappa shape index (κ2) is 7.41. The molecule has 0 bridgehead atoms. The Morgan fingerprint density at radius 2 is 1.96 bits per heavy atom. The van der Waals surface area contributed by atoms with Gasteiger partial charge in [-0.05, 0) is 31.7 Å². The van der Waals surface area contributed by atoms with Crippen LogP contribution in [0.4, 0.5) is 0 Å². The molecule has 0 aromatic carbocycles. The standard InChI is InChI=1S/C19H28N2O3/c1-14-10-17(12-18(22)20(14)2)24-16-8-9-21(13-16)19(23)11-15-6-4-3-5-7-15/h10,12,15-16H,3-9,11,13H2,1-2H3. The van der Waals surface area contributed by atoms with E-state index in [-0.39, 0.29) is 17.6 Å². The summed E-state index contributed by atoms with van der Waals surface area (Å²) in [4.78, 5) is 26.3. The van der Waals surface area contributed by atoms with Gasteiger partial charge < -0.3 is 14.2 Å². The molecule has 24 heavy (non-hydrogen) atoms. The maximum Gasteiger partial charge on any atom is 0.254 e. The Hall–Kier alpha value is -1.78. The Morgan fingerprint density at radius 3 is 2.67 bits per heavy atom. The number of pyridine rings is 1. The molecule has 1 aliphatic heterocycles. The number of rotatable bonds is 4. The fourth-order valence-corrected chi connectivity index (χ4v) is 3.82. The number of ether oxygens (including phenoxy) is 1. The van der Waals surface area contributed by atoms with Crippen LogP contribution < -0.4 is 10.3 Å². The van der Waals surface area contributed by atoms with Gasteiger partial charge in [-0.2, -0.15) is 0 Å². The molecule has 2 aliphatic rings. The normalized spacial score (nSPS) is 21.9. The lowest BCUT2D eigenvalue weighted by Gasteiger charge is -2.24. The largest absolute Gasteiger partial charge is 0.488 e. The molecule has 1 atom stereocenters. The number of carbonyl (C=O) groups is 1. The summed E-state index contributed by atoms with van der Waals surface area (Å²) < 4.78 is 7.55. The average Bonchev–Trinajstić information content (AvgIpc) is 3.02. The number of carbonyl (C=O) groups excluding carboxylic acids is 1. The van der Waals surface area contributed by atoms with Crippen molar-refractivity contribution in [2.24, 2.45) is 13.0 Å². The minimum atomic E-state index is -0.0618. The maximum atomic E-state index is 12.5. The minimum absolute atomic E-state index is 0.00758. The second-order valence-electron chi connectivity index (χ2n) is 7.31. The molecular formula is C19H28N2O3. The summed E-state index contributed by atoms with van der Waals surface area (Å²) in [6.45, 7) is 3.29. The summed E-state index contributed by atoms with van der Waals surface area (Å²) in [7, 11) is 1.75. The smallest absolute Gasteiger partial charge is 0.254 e. The van der Waals surface area contributed by atoms with Gasteiger partial charge in [0, 0.05) is 38.2 Å². The molecule has 2 fully saturated rings. The van der Waals surface area contributed by atoms with Crippen molar-refractivity contribution >= 4 is 5.91 Å². The van der Waals surface area contributed by atoms with Gasteiger partial charge in [-0.25, -0.2) is 0 Å². The zero-order valence-electron chi connectivity index (χ0n) is 14.8. The molecule has 132 valence electrons. The van der Waals surface area contributed by atoms with Crippen LogP contribution in [0.15, 0.2) is 16.9 Å². The number of amides is 1. The van der Waals surface area contributed by atoms with Crippen molar-refractivity contribution < 1.29 is 9.53 Å². The summed E-state index contributed by atoms with van der Waals surface area (Å²) >= 11 is 0. The third-order valence-electron chi connectivity index (χ3n) is 5.47. The van der Waals surface area contributed by atoms with Crippen LogP contribution in [0.5, 0.6) is 5.75 Å². The Balaban J connectivity index is 1.53. The number of likely N-dealkylation sites (tertiary alicyclic amines) is 1. The highest BCUT2D eigenvalue weighted by molar-refractivity contribution is 5.76. The minimum Gasteiger partial charge on any atom is -0.488 e. The average molecular weight is 332 g/mol. The fraction of sp³-hybridized carbons (Fsp3) is 0.684. The Kier molecular flexibility index (Phi) is 5.27. The van der Waals surface area contributed by atoms with Crippen LogP contribution in [0.2, 0.25) is 0 Å².